The molecule has 2 aromatic rings. The fourth-order valence-electron chi connectivity index (χ4n) is 1.89. The van der Waals surface area contributed by atoms with E-state index < -0.39 is 11.0 Å². The molecule has 1 aromatic heterocycles. The predicted octanol–water partition coefficient (Wildman–Crippen LogP) is 3.11. The standard InChI is InChI=1S/C14H14BrN3O3/c1-10(19)9-17-13(16-8-14(17)18(20)21)6-5-11-3-2-4-12(15)7-11/h2-8,10,19H,9H2,1H3/b6-5+. The molecule has 1 aromatic carbocycles. The number of imidazole rings is 1. The second-order valence-corrected chi connectivity index (χ2v) is 5.50. The van der Waals surface area contributed by atoms with Crippen LogP contribution in [-0.4, -0.2) is 25.7 Å². The first-order chi connectivity index (χ1) is 9.97. The van der Waals surface area contributed by atoms with Crippen molar-refractivity contribution in [1.29, 1.82) is 0 Å². The molecule has 2 rings (SSSR count). The molecule has 0 aliphatic rings. The molecule has 0 aliphatic carbocycles. The summed E-state index contributed by atoms with van der Waals surface area (Å²) in [4.78, 5) is 14.5. The summed E-state index contributed by atoms with van der Waals surface area (Å²) in [6.07, 6.45) is 4.01. The van der Waals surface area contributed by atoms with Crippen molar-refractivity contribution in [2.45, 2.75) is 19.6 Å². The maximum Gasteiger partial charge on any atom is 0.343 e. The van der Waals surface area contributed by atoms with Crippen LogP contribution in [0.25, 0.3) is 12.2 Å². The fourth-order valence-corrected chi connectivity index (χ4v) is 2.31. The van der Waals surface area contributed by atoms with Gasteiger partial charge in [0.05, 0.1) is 6.10 Å². The van der Waals surface area contributed by atoms with Gasteiger partial charge in [0.1, 0.15) is 12.7 Å². The number of benzene rings is 1. The number of nitro groups is 1. The van der Waals surface area contributed by atoms with Gasteiger partial charge in [0.15, 0.2) is 0 Å². The highest BCUT2D eigenvalue weighted by molar-refractivity contribution is 9.10. The molecule has 6 nitrogen and oxygen atoms in total. The van der Waals surface area contributed by atoms with Crippen LogP contribution in [0, 0.1) is 10.1 Å². The van der Waals surface area contributed by atoms with Crippen LogP contribution in [0.5, 0.6) is 0 Å². The van der Waals surface area contributed by atoms with Crippen LogP contribution in [0.4, 0.5) is 5.82 Å². The maximum atomic E-state index is 11.0. The van der Waals surface area contributed by atoms with Crippen molar-refractivity contribution in [3.63, 3.8) is 0 Å². The van der Waals surface area contributed by atoms with Crippen molar-refractivity contribution in [3.8, 4) is 0 Å². The van der Waals surface area contributed by atoms with Gasteiger partial charge in [-0.15, -0.1) is 0 Å². The second-order valence-electron chi connectivity index (χ2n) is 4.58. The van der Waals surface area contributed by atoms with Gasteiger partial charge in [-0.25, -0.2) is 9.55 Å². The summed E-state index contributed by atoms with van der Waals surface area (Å²) >= 11 is 3.38. The lowest BCUT2D eigenvalue weighted by atomic mass is 10.2. The Morgan fingerprint density at radius 2 is 2.29 bits per heavy atom. The van der Waals surface area contributed by atoms with Gasteiger partial charge < -0.3 is 15.2 Å². The molecule has 1 unspecified atom stereocenters. The van der Waals surface area contributed by atoms with Crippen LogP contribution >= 0.6 is 15.9 Å². The monoisotopic (exact) mass is 351 g/mol. The molecular formula is C14H14BrN3O3. The van der Waals surface area contributed by atoms with E-state index >= 15 is 0 Å². The zero-order valence-corrected chi connectivity index (χ0v) is 12.9. The number of aromatic nitrogens is 2. The van der Waals surface area contributed by atoms with Gasteiger partial charge in [0.25, 0.3) is 0 Å². The van der Waals surface area contributed by atoms with E-state index in [2.05, 4.69) is 20.9 Å². The van der Waals surface area contributed by atoms with Crippen LogP contribution in [0.1, 0.15) is 18.3 Å². The van der Waals surface area contributed by atoms with E-state index in [0.29, 0.717) is 5.82 Å². The van der Waals surface area contributed by atoms with Crippen LogP contribution in [0.15, 0.2) is 34.9 Å². The molecule has 0 spiro atoms. The van der Waals surface area contributed by atoms with E-state index in [1.807, 2.05) is 30.3 Å². The molecule has 0 amide bonds. The van der Waals surface area contributed by atoms with Gasteiger partial charge in [0, 0.05) is 10.5 Å². The molecule has 1 heterocycles. The Hall–Kier alpha value is -1.99. The third kappa shape index (κ3) is 3.99. The lowest BCUT2D eigenvalue weighted by molar-refractivity contribution is -0.392. The van der Waals surface area contributed by atoms with E-state index in [1.54, 1.807) is 13.0 Å². The minimum atomic E-state index is -0.698. The lowest BCUT2D eigenvalue weighted by Gasteiger charge is -2.04. The van der Waals surface area contributed by atoms with Crippen molar-refractivity contribution >= 4 is 33.9 Å². The predicted molar refractivity (Wildman–Crippen MR) is 83.6 cm³/mol. The topological polar surface area (TPSA) is 81.2 Å². The van der Waals surface area contributed by atoms with E-state index in [-0.39, 0.29) is 12.4 Å². The highest BCUT2D eigenvalue weighted by Gasteiger charge is 2.19. The highest BCUT2D eigenvalue weighted by atomic mass is 79.9. The Labute approximate surface area is 130 Å². The number of aliphatic hydroxyl groups is 1. The number of aliphatic hydroxyl groups excluding tert-OH is 1. The summed E-state index contributed by atoms with van der Waals surface area (Å²) in [5.41, 5.74) is 0.943. The Balaban J connectivity index is 2.33. The number of nitrogens with zero attached hydrogens (tertiary/aromatic N) is 3. The number of rotatable bonds is 5. The molecule has 1 N–H and O–H groups in total. The smallest absolute Gasteiger partial charge is 0.343 e. The van der Waals surface area contributed by atoms with E-state index in [0.717, 1.165) is 10.0 Å². The third-order valence-electron chi connectivity index (χ3n) is 2.77. The molecule has 110 valence electrons. The van der Waals surface area contributed by atoms with Crippen LogP contribution in [0.2, 0.25) is 0 Å². The third-order valence-corrected chi connectivity index (χ3v) is 3.27. The van der Waals surface area contributed by atoms with Gasteiger partial charge >= 0.3 is 5.82 Å². The fraction of sp³-hybridized carbons (Fsp3) is 0.214. The molecular weight excluding hydrogens is 338 g/mol. The van der Waals surface area contributed by atoms with Gasteiger partial charge in [-0.3, -0.25) is 0 Å². The Morgan fingerprint density at radius 1 is 1.52 bits per heavy atom. The maximum absolute atomic E-state index is 11.0. The Kier molecular flexibility index (Phi) is 4.87. The quantitative estimate of drug-likeness (QED) is 0.662. The van der Waals surface area contributed by atoms with Gasteiger partial charge in [0.2, 0.25) is 5.82 Å². The largest absolute Gasteiger partial charge is 0.389 e. The number of halogens is 1. The number of hydrogen-bond acceptors (Lipinski definition) is 4. The van der Waals surface area contributed by atoms with E-state index in [9.17, 15) is 15.2 Å². The summed E-state index contributed by atoms with van der Waals surface area (Å²) in [5, 5.41) is 20.4. The molecule has 1 atom stereocenters. The summed E-state index contributed by atoms with van der Waals surface area (Å²) in [6.45, 7) is 1.69. The molecule has 0 bridgehead atoms. The molecule has 0 radical (unpaired) electrons. The molecule has 21 heavy (non-hydrogen) atoms. The van der Waals surface area contributed by atoms with Crippen LogP contribution < -0.4 is 0 Å². The Bertz CT molecular complexity index is 680. The minimum Gasteiger partial charge on any atom is -0.389 e. The van der Waals surface area contributed by atoms with Crippen LogP contribution in [0.3, 0.4) is 0 Å². The summed E-state index contributed by atoms with van der Waals surface area (Å²) < 4.78 is 2.34. The number of hydrogen-bond donors (Lipinski definition) is 1. The van der Waals surface area contributed by atoms with E-state index in [4.69, 9.17) is 0 Å². The Morgan fingerprint density at radius 3 is 2.90 bits per heavy atom. The highest BCUT2D eigenvalue weighted by Crippen LogP contribution is 2.18. The van der Waals surface area contributed by atoms with Crippen LogP contribution in [-0.2, 0) is 6.54 Å². The molecule has 7 heteroatoms. The van der Waals surface area contributed by atoms with Crippen molar-refractivity contribution in [2.24, 2.45) is 0 Å². The second kappa shape index (κ2) is 6.64. The minimum absolute atomic E-state index is 0.120. The molecule has 0 saturated heterocycles. The lowest BCUT2D eigenvalue weighted by Crippen LogP contribution is -2.14. The first kappa shape index (κ1) is 15.4. The van der Waals surface area contributed by atoms with Gasteiger partial charge in [-0.05, 0) is 35.6 Å². The van der Waals surface area contributed by atoms with Crippen molar-refractivity contribution in [3.05, 3.63) is 56.4 Å². The average molecular weight is 352 g/mol. The summed E-state index contributed by atoms with van der Waals surface area (Å²) in [5.74, 6) is 0.298. The molecule has 0 saturated carbocycles. The molecule has 0 aliphatic heterocycles. The van der Waals surface area contributed by atoms with E-state index in [1.165, 1.54) is 10.8 Å². The first-order valence-corrected chi connectivity index (χ1v) is 7.08. The average Bonchev–Trinajstić information content (AvgIpc) is 2.79. The van der Waals surface area contributed by atoms with Gasteiger partial charge in [-0.2, -0.15) is 0 Å². The zero-order chi connectivity index (χ0) is 15.4. The summed E-state index contributed by atoms with van der Waals surface area (Å²) in [7, 11) is 0. The first-order valence-electron chi connectivity index (χ1n) is 6.29. The SMILES string of the molecule is CC(O)Cn1c([N+](=O)[O-])cnc1/C=C/c1cccc(Br)c1. The normalized spacial score (nSPS) is 12.7. The summed E-state index contributed by atoms with van der Waals surface area (Å²) in [6, 6.07) is 7.65. The zero-order valence-electron chi connectivity index (χ0n) is 11.3. The van der Waals surface area contributed by atoms with Crippen molar-refractivity contribution in [1.82, 2.24) is 9.55 Å². The molecule has 0 fully saturated rings. The van der Waals surface area contributed by atoms with Gasteiger partial charge in [-0.1, -0.05) is 28.1 Å². The van der Waals surface area contributed by atoms with Crippen molar-refractivity contribution < 1.29 is 10.0 Å². The van der Waals surface area contributed by atoms with Crippen molar-refractivity contribution in [2.75, 3.05) is 0 Å².